The van der Waals surface area contributed by atoms with E-state index in [-0.39, 0.29) is 16.8 Å². The number of hydrogen-bond acceptors (Lipinski definition) is 2. The molecule has 1 aliphatic rings. The lowest BCUT2D eigenvalue weighted by Gasteiger charge is -2.40. The van der Waals surface area contributed by atoms with E-state index in [2.05, 4.69) is 41.9 Å². The summed E-state index contributed by atoms with van der Waals surface area (Å²) in [6.07, 6.45) is 4.48. The monoisotopic (exact) mass is 426 g/mol. The van der Waals surface area contributed by atoms with Gasteiger partial charge in [-0.3, -0.25) is 4.79 Å². The molecular formula is C23H23BrO3. The third-order valence-electron chi connectivity index (χ3n) is 5.45. The second-order valence-corrected chi connectivity index (χ2v) is 9.14. The van der Waals surface area contributed by atoms with E-state index in [1.54, 1.807) is 24.3 Å². The fourth-order valence-corrected chi connectivity index (χ4v) is 4.06. The molecule has 4 heteroatoms. The molecule has 1 aliphatic carbocycles. The first kappa shape index (κ1) is 19.6. The summed E-state index contributed by atoms with van der Waals surface area (Å²) in [6.45, 7) is 8.22. The average molecular weight is 427 g/mol. The van der Waals surface area contributed by atoms with Gasteiger partial charge in [0.25, 0.3) is 0 Å². The molecule has 0 aromatic heterocycles. The third kappa shape index (κ3) is 3.63. The Labute approximate surface area is 168 Å². The standard InChI is InChI=1S/C23H23BrO3/c1-22(2)13-20(25)23(3,4)18-11-16(19(24)12-17(18)22)10-7-14-5-8-15(9-6-14)21(26)27/h5-12H,13H2,1-4H3,(H,26,27). The van der Waals surface area contributed by atoms with Crippen LogP contribution in [-0.4, -0.2) is 16.9 Å². The maximum atomic E-state index is 12.7. The number of Topliss-reactive ketones (excluding diaryl/α,β-unsaturated/α-hetero) is 1. The fourth-order valence-electron chi connectivity index (χ4n) is 3.59. The molecule has 0 saturated heterocycles. The van der Waals surface area contributed by atoms with E-state index >= 15 is 0 Å². The predicted molar refractivity (Wildman–Crippen MR) is 112 cm³/mol. The minimum absolute atomic E-state index is 0.181. The van der Waals surface area contributed by atoms with E-state index in [0.29, 0.717) is 6.42 Å². The van der Waals surface area contributed by atoms with Gasteiger partial charge in [0.2, 0.25) is 0 Å². The molecule has 2 aromatic rings. The van der Waals surface area contributed by atoms with E-state index in [4.69, 9.17) is 5.11 Å². The van der Waals surface area contributed by atoms with Crippen molar-refractivity contribution in [1.82, 2.24) is 0 Å². The number of hydrogen-bond donors (Lipinski definition) is 1. The van der Waals surface area contributed by atoms with Gasteiger partial charge in [0.1, 0.15) is 5.78 Å². The molecule has 0 unspecified atom stereocenters. The Morgan fingerprint density at radius 1 is 1.04 bits per heavy atom. The number of carbonyl (C=O) groups is 2. The highest BCUT2D eigenvalue weighted by molar-refractivity contribution is 9.10. The second kappa shape index (κ2) is 6.75. The van der Waals surface area contributed by atoms with Gasteiger partial charge in [-0.2, -0.15) is 0 Å². The number of carboxylic acids is 1. The summed E-state index contributed by atoms with van der Waals surface area (Å²) in [6, 6.07) is 11.0. The lowest BCUT2D eigenvalue weighted by molar-refractivity contribution is -0.125. The van der Waals surface area contributed by atoms with Gasteiger partial charge in [-0.25, -0.2) is 4.79 Å². The largest absolute Gasteiger partial charge is 0.478 e. The van der Waals surface area contributed by atoms with Crippen LogP contribution in [0.2, 0.25) is 0 Å². The summed E-state index contributed by atoms with van der Waals surface area (Å²) < 4.78 is 0.984. The summed E-state index contributed by atoms with van der Waals surface area (Å²) >= 11 is 3.67. The molecule has 0 spiro atoms. The lowest BCUT2D eigenvalue weighted by atomic mass is 9.62. The van der Waals surface area contributed by atoms with Crippen LogP contribution in [0, 0.1) is 0 Å². The third-order valence-corrected chi connectivity index (χ3v) is 6.14. The van der Waals surface area contributed by atoms with Crippen molar-refractivity contribution in [1.29, 1.82) is 0 Å². The molecule has 2 aromatic carbocycles. The number of carbonyl (C=O) groups excluding carboxylic acids is 1. The van der Waals surface area contributed by atoms with E-state index in [9.17, 15) is 9.59 Å². The van der Waals surface area contributed by atoms with Crippen molar-refractivity contribution in [2.45, 2.75) is 44.9 Å². The van der Waals surface area contributed by atoms with Crippen molar-refractivity contribution in [3.05, 3.63) is 68.7 Å². The zero-order chi connectivity index (χ0) is 20.0. The van der Waals surface area contributed by atoms with Crippen LogP contribution in [0.4, 0.5) is 0 Å². The molecule has 1 N–H and O–H groups in total. The lowest BCUT2D eigenvalue weighted by Crippen LogP contribution is -2.42. The molecule has 0 fully saturated rings. The zero-order valence-corrected chi connectivity index (χ0v) is 17.6. The topological polar surface area (TPSA) is 54.4 Å². The van der Waals surface area contributed by atoms with Gasteiger partial charge in [0, 0.05) is 16.3 Å². The second-order valence-electron chi connectivity index (χ2n) is 8.29. The SMILES string of the molecule is CC1(C)CC(=O)C(C)(C)c2cc(C=Cc3ccc(C(=O)O)cc3)c(Br)cc21. The van der Waals surface area contributed by atoms with Crippen LogP contribution in [0.3, 0.4) is 0 Å². The van der Waals surface area contributed by atoms with Gasteiger partial charge in [-0.05, 0) is 65.8 Å². The molecule has 0 amide bonds. The van der Waals surface area contributed by atoms with Gasteiger partial charge in [-0.15, -0.1) is 0 Å². The van der Waals surface area contributed by atoms with Gasteiger partial charge in [-0.1, -0.05) is 54.1 Å². The van der Waals surface area contributed by atoms with Crippen LogP contribution >= 0.6 is 15.9 Å². The van der Waals surface area contributed by atoms with Crippen LogP contribution in [0.15, 0.2) is 40.9 Å². The highest BCUT2D eigenvalue weighted by Gasteiger charge is 2.43. The number of halogens is 1. The minimum Gasteiger partial charge on any atom is -0.478 e. The van der Waals surface area contributed by atoms with Crippen LogP contribution in [-0.2, 0) is 15.6 Å². The predicted octanol–water partition coefficient (Wildman–Crippen LogP) is 5.85. The zero-order valence-electron chi connectivity index (χ0n) is 16.0. The summed E-state index contributed by atoms with van der Waals surface area (Å²) in [4.78, 5) is 23.6. The van der Waals surface area contributed by atoms with E-state index in [1.807, 2.05) is 26.0 Å². The van der Waals surface area contributed by atoms with Gasteiger partial charge < -0.3 is 5.11 Å². The highest BCUT2D eigenvalue weighted by atomic mass is 79.9. The maximum Gasteiger partial charge on any atom is 0.335 e. The number of fused-ring (bicyclic) bond motifs is 1. The fraction of sp³-hybridized carbons (Fsp3) is 0.304. The molecule has 0 heterocycles. The first-order valence-electron chi connectivity index (χ1n) is 8.91. The van der Waals surface area contributed by atoms with Gasteiger partial charge in [0.05, 0.1) is 5.56 Å². The van der Waals surface area contributed by atoms with Crippen molar-refractivity contribution in [2.75, 3.05) is 0 Å². The molecule has 0 aliphatic heterocycles. The number of ketones is 1. The van der Waals surface area contributed by atoms with Crippen molar-refractivity contribution >= 4 is 39.8 Å². The average Bonchev–Trinajstić information content (AvgIpc) is 2.59. The van der Waals surface area contributed by atoms with Crippen molar-refractivity contribution in [2.24, 2.45) is 0 Å². The summed E-state index contributed by atoms with van der Waals surface area (Å²) in [7, 11) is 0. The number of rotatable bonds is 3. The van der Waals surface area contributed by atoms with Crippen LogP contribution in [0.1, 0.15) is 66.7 Å². The van der Waals surface area contributed by atoms with Crippen molar-refractivity contribution in [3.63, 3.8) is 0 Å². The molecule has 0 radical (unpaired) electrons. The molecule has 0 atom stereocenters. The minimum atomic E-state index is -0.933. The molecule has 3 rings (SSSR count). The Morgan fingerprint density at radius 3 is 2.26 bits per heavy atom. The van der Waals surface area contributed by atoms with Gasteiger partial charge in [0.15, 0.2) is 0 Å². The molecule has 0 saturated carbocycles. The van der Waals surface area contributed by atoms with Gasteiger partial charge >= 0.3 is 5.97 Å². The van der Waals surface area contributed by atoms with E-state index in [1.165, 1.54) is 5.56 Å². The summed E-state index contributed by atoms with van der Waals surface area (Å²) in [5, 5.41) is 8.99. The number of aromatic carboxylic acids is 1. The van der Waals surface area contributed by atoms with Crippen molar-refractivity contribution in [3.8, 4) is 0 Å². The molecule has 3 nitrogen and oxygen atoms in total. The Hall–Kier alpha value is -2.20. The molecular weight excluding hydrogens is 404 g/mol. The number of benzene rings is 2. The quantitative estimate of drug-likeness (QED) is 0.626. The maximum absolute atomic E-state index is 12.7. The molecule has 140 valence electrons. The van der Waals surface area contributed by atoms with Crippen LogP contribution < -0.4 is 0 Å². The van der Waals surface area contributed by atoms with E-state index < -0.39 is 11.4 Å². The van der Waals surface area contributed by atoms with Crippen LogP contribution in [0.25, 0.3) is 12.2 Å². The Balaban J connectivity index is 2.02. The first-order valence-corrected chi connectivity index (χ1v) is 9.71. The van der Waals surface area contributed by atoms with Crippen LogP contribution in [0.5, 0.6) is 0 Å². The number of carboxylic acid groups (broad SMARTS) is 1. The summed E-state index contributed by atoms with van der Waals surface area (Å²) in [5.74, 6) is -0.668. The molecule has 27 heavy (non-hydrogen) atoms. The summed E-state index contributed by atoms with van der Waals surface area (Å²) in [5.41, 5.74) is 3.78. The molecule has 0 bridgehead atoms. The smallest absolute Gasteiger partial charge is 0.335 e. The van der Waals surface area contributed by atoms with E-state index in [0.717, 1.165) is 21.2 Å². The first-order chi connectivity index (χ1) is 12.5. The Bertz CT molecular complexity index is 950. The Kier molecular flexibility index (Phi) is 4.89. The van der Waals surface area contributed by atoms with Crippen molar-refractivity contribution < 1.29 is 14.7 Å². The highest BCUT2D eigenvalue weighted by Crippen LogP contribution is 2.45. The Morgan fingerprint density at radius 2 is 1.67 bits per heavy atom. The normalized spacial score (nSPS) is 17.7.